The number of rotatable bonds is 6. The topological polar surface area (TPSA) is 83.2 Å². The highest BCUT2D eigenvalue weighted by Crippen LogP contribution is 2.40. The van der Waals surface area contributed by atoms with Gasteiger partial charge < -0.3 is 24.1 Å². The first-order chi connectivity index (χ1) is 13.3. The van der Waals surface area contributed by atoms with Gasteiger partial charge >= 0.3 is 0 Å². The Labute approximate surface area is 167 Å². The highest BCUT2D eigenvalue weighted by Gasteiger charge is 2.47. The van der Waals surface area contributed by atoms with Crippen LogP contribution in [0.25, 0.3) is 5.76 Å². The van der Waals surface area contributed by atoms with Crippen LogP contribution in [0.2, 0.25) is 5.02 Å². The smallest absolute Gasteiger partial charge is 0.295 e. The van der Waals surface area contributed by atoms with Crippen LogP contribution in [0.15, 0.2) is 46.6 Å². The van der Waals surface area contributed by atoms with E-state index in [-0.39, 0.29) is 16.4 Å². The largest absolute Gasteiger partial charge is 0.507 e. The number of aliphatic hydroxyl groups excluding tert-OH is 1. The van der Waals surface area contributed by atoms with Crippen LogP contribution in [0.3, 0.4) is 0 Å². The van der Waals surface area contributed by atoms with E-state index in [2.05, 4.69) is 0 Å². The Bertz CT molecular complexity index is 921. The minimum absolute atomic E-state index is 0.0278. The van der Waals surface area contributed by atoms with E-state index in [9.17, 15) is 14.7 Å². The highest BCUT2D eigenvalue weighted by atomic mass is 35.5. The predicted molar refractivity (Wildman–Crippen MR) is 104 cm³/mol. The zero-order valence-electron chi connectivity index (χ0n) is 15.8. The van der Waals surface area contributed by atoms with E-state index in [4.69, 9.17) is 20.8 Å². The van der Waals surface area contributed by atoms with E-state index in [0.29, 0.717) is 30.2 Å². The number of methoxy groups -OCH3 is 1. The maximum Gasteiger partial charge on any atom is 0.295 e. The zero-order chi connectivity index (χ0) is 20.4. The van der Waals surface area contributed by atoms with Crippen molar-refractivity contribution in [2.45, 2.75) is 6.04 Å². The fourth-order valence-electron chi connectivity index (χ4n) is 3.13. The molecule has 2 aromatic rings. The quantitative estimate of drug-likeness (QED) is 0.453. The third-order valence-corrected chi connectivity index (χ3v) is 4.86. The molecule has 0 radical (unpaired) electrons. The maximum atomic E-state index is 12.8. The summed E-state index contributed by atoms with van der Waals surface area (Å²) < 4.78 is 10.6. The van der Waals surface area contributed by atoms with Gasteiger partial charge in [0.15, 0.2) is 0 Å². The van der Waals surface area contributed by atoms with Crippen molar-refractivity contribution in [2.75, 3.05) is 34.3 Å². The van der Waals surface area contributed by atoms with Gasteiger partial charge in [0.2, 0.25) is 0 Å². The molecule has 1 aromatic heterocycles. The SMILES string of the molecule is COc1ccc(/C(O)=C2\C(=O)C(=O)N(CCN(C)C)C2c2ccco2)cc1Cl. The molecule has 2 heterocycles. The first-order valence-electron chi connectivity index (χ1n) is 8.65. The normalized spacial score (nSPS) is 18.9. The molecule has 1 N–H and O–H groups in total. The molecule has 28 heavy (non-hydrogen) atoms. The second-order valence-corrected chi connectivity index (χ2v) is 7.07. The lowest BCUT2D eigenvalue weighted by Gasteiger charge is -2.24. The van der Waals surface area contributed by atoms with Gasteiger partial charge in [-0.05, 0) is 44.4 Å². The first kappa shape index (κ1) is 20.0. The maximum absolute atomic E-state index is 12.8. The number of nitrogens with zero attached hydrogens (tertiary/aromatic N) is 2. The number of hydrogen-bond donors (Lipinski definition) is 1. The molecule has 0 aliphatic carbocycles. The summed E-state index contributed by atoms with van der Waals surface area (Å²) in [6, 6.07) is 7.19. The Morgan fingerprint density at radius 3 is 2.64 bits per heavy atom. The van der Waals surface area contributed by atoms with Crippen LogP contribution < -0.4 is 4.74 Å². The lowest BCUT2D eigenvalue weighted by Crippen LogP contribution is -2.35. The standard InChI is InChI=1S/C20H21ClN2O5/c1-22(2)8-9-23-17(15-5-4-10-28-15)16(19(25)20(23)26)18(24)12-6-7-14(27-3)13(21)11-12/h4-7,10-11,17,24H,8-9H2,1-3H3/b18-16+. The Hall–Kier alpha value is -2.77. The average Bonchev–Trinajstić information content (AvgIpc) is 3.27. The Kier molecular flexibility index (Phi) is 5.76. The highest BCUT2D eigenvalue weighted by molar-refractivity contribution is 6.46. The van der Waals surface area contributed by atoms with Crippen LogP contribution in [-0.2, 0) is 9.59 Å². The monoisotopic (exact) mass is 404 g/mol. The number of likely N-dealkylation sites (tertiary alicyclic amines) is 1. The molecule has 1 amide bonds. The Balaban J connectivity index is 2.10. The van der Waals surface area contributed by atoms with Crippen LogP contribution in [0.1, 0.15) is 17.4 Å². The lowest BCUT2D eigenvalue weighted by molar-refractivity contribution is -0.140. The van der Waals surface area contributed by atoms with Crippen LogP contribution in [0.4, 0.5) is 0 Å². The summed E-state index contributed by atoms with van der Waals surface area (Å²) in [4.78, 5) is 28.7. The van der Waals surface area contributed by atoms with Crippen molar-refractivity contribution in [3.05, 3.63) is 58.5 Å². The molecule has 1 atom stereocenters. The van der Waals surface area contributed by atoms with Crippen molar-refractivity contribution < 1.29 is 23.8 Å². The number of Topliss-reactive ketones (excluding diaryl/α,β-unsaturated/α-hetero) is 1. The molecule has 0 bridgehead atoms. The minimum Gasteiger partial charge on any atom is -0.507 e. The molecule has 7 nitrogen and oxygen atoms in total. The van der Waals surface area contributed by atoms with Crippen molar-refractivity contribution in [1.82, 2.24) is 9.80 Å². The number of ether oxygens (including phenoxy) is 1. The van der Waals surface area contributed by atoms with Crippen LogP contribution >= 0.6 is 11.6 Å². The third kappa shape index (κ3) is 3.63. The summed E-state index contributed by atoms with van der Waals surface area (Å²) in [6.07, 6.45) is 1.46. The van der Waals surface area contributed by atoms with Crippen molar-refractivity contribution in [3.8, 4) is 5.75 Å². The van der Waals surface area contributed by atoms with Gasteiger partial charge in [-0.2, -0.15) is 0 Å². The zero-order valence-corrected chi connectivity index (χ0v) is 16.6. The van der Waals surface area contributed by atoms with Gasteiger partial charge in [0.25, 0.3) is 11.7 Å². The summed E-state index contributed by atoms with van der Waals surface area (Å²) >= 11 is 6.15. The van der Waals surface area contributed by atoms with Crippen molar-refractivity contribution in [2.24, 2.45) is 0 Å². The van der Waals surface area contributed by atoms with E-state index in [0.717, 1.165) is 0 Å². The number of aliphatic hydroxyl groups is 1. The second-order valence-electron chi connectivity index (χ2n) is 6.66. The van der Waals surface area contributed by atoms with Gasteiger partial charge in [-0.1, -0.05) is 11.6 Å². The fraction of sp³-hybridized carbons (Fsp3) is 0.300. The third-order valence-electron chi connectivity index (χ3n) is 4.57. The minimum atomic E-state index is -0.809. The molecule has 1 aliphatic rings. The summed E-state index contributed by atoms with van der Waals surface area (Å²) in [5, 5.41) is 11.2. The van der Waals surface area contributed by atoms with Gasteiger partial charge in [0.1, 0.15) is 23.3 Å². The number of halogens is 1. The molecular weight excluding hydrogens is 384 g/mol. The number of carbonyl (C=O) groups is 2. The van der Waals surface area contributed by atoms with Gasteiger partial charge in [-0.3, -0.25) is 9.59 Å². The predicted octanol–water partition coefficient (Wildman–Crippen LogP) is 2.92. The number of carbonyl (C=O) groups excluding carboxylic acids is 2. The molecule has 3 rings (SSSR count). The van der Waals surface area contributed by atoms with Crippen molar-refractivity contribution >= 4 is 29.1 Å². The van der Waals surface area contributed by atoms with Crippen molar-refractivity contribution in [1.29, 1.82) is 0 Å². The molecule has 0 spiro atoms. The van der Waals surface area contributed by atoms with Crippen LogP contribution in [0.5, 0.6) is 5.75 Å². The molecule has 148 valence electrons. The summed E-state index contributed by atoms with van der Waals surface area (Å²) in [6.45, 7) is 0.863. The van der Waals surface area contributed by atoms with Gasteiger partial charge in [-0.25, -0.2) is 0 Å². The molecule has 0 saturated carbocycles. The van der Waals surface area contributed by atoms with Crippen LogP contribution in [-0.4, -0.2) is 60.9 Å². The Morgan fingerprint density at radius 1 is 1.32 bits per heavy atom. The number of hydrogen-bond acceptors (Lipinski definition) is 6. The van der Waals surface area contributed by atoms with E-state index < -0.39 is 17.7 Å². The number of benzene rings is 1. The molecule has 1 unspecified atom stereocenters. The van der Waals surface area contributed by atoms with Crippen molar-refractivity contribution in [3.63, 3.8) is 0 Å². The summed E-state index contributed by atoms with van der Waals surface area (Å²) in [5.74, 6) is -0.906. The molecular formula is C20H21ClN2O5. The van der Waals surface area contributed by atoms with Gasteiger partial charge in [0.05, 0.1) is 24.0 Å². The Morgan fingerprint density at radius 2 is 2.07 bits per heavy atom. The second kappa shape index (κ2) is 8.08. The van der Waals surface area contributed by atoms with E-state index in [1.165, 1.54) is 24.3 Å². The number of furan rings is 1. The molecule has 1 aromatic carbocycles. The number of likely N-dealkylation sites (N-methyl/N-ethyl adjacent to an activating group) is 1. The van der Waals surface area contributed by atoms with E-state index >= 15 is 0 Å². The summed E-state index contributed by atoms with van der Waals surface area (Å²) in [7, 11) is 5.23. The van der Waals surface area contributed by atoms with E-state index in [1.807, 2.05) is 19.0 Å². The fourth-order valence-corrected chi connectivity index (χ4v) is 3.39. The molecule has 8 heteroatoms. The van der Waals surface area contributed by atoms with Crippen LogP contribution in [0, 0.1) is 0 Å². The lowest BCUT2D eigenvalue weighted by atomic mass is 9.99. The first-order valence-corrected chi connectivity index (χ1v) is 9.03. The molecule has 1 aliphatic heterocycles. The van der Waals surface area contributed by atoms with Gasteiger partial charge in [-0.15, -0.1) is 0 Å². The molecule has 1 fully saturated rings. The number of ketones is 1. The van der Waals surface area contributed by atoms with E-state index in [1.54, 1.807) is 24.3 Å². The summed E-state index contributed by atoms with van der Waals surface area (Å²) in [5.41, 5.74) is 0.285. The molecule has 1 saturated heterocycles. The van der Waals surface area contributed by atoms with Gasteiger partial charge in [0, 0.05) is 18.7 Å². The number of amides is 1. The average molecular weight is 405 g/mol.